The molecule has 32 heavy (non-hydrogen) atoms. The maximum Gasteiger partial charge on any atom is 0.433 e. The molecule has 1 N–H and O–H groups in total. The minimum atomic E-state index is -4.48. The fourth-order valence-corrected chi connectivity index (χ4v) is 2.93. The number of halogens is 4. The number of aromatic nitrogens is 4. The lowest BCUT2D eigenvalue weighted by Gasteiger charge is -2.11. The molecule has 0 saturated heterocycles. The van der Waals surface area contributed by atoms with E-state index in [-0.39, 0.29) is 6.61 Å². The minimum absolute atomic E-state index is 0.0398. The fraction of sp³-hybridized carbons (Fsp3) is 0.136. The van der Waals surface area contributed by atoms with Crippen molar-refractivity contribution in [3.63, 3.8) is 0 Å². The fourth-order valence-electron chi connectivity index (χ4n) is 2.93. The van der Waals surface area contributed by atoms with E-state index in [0.29, 0.717) is 39.8 Å². The number of methoxy groups -OCH3 is 1. The highest BCUT2D eigenvalue weighted by Crippen LogP contribution is 2.33. The van der Waals surface area contributed by atoms with E-state index in [1.807, 2.05) is 0 Å². The lowest BCUT2D eigenvalue weighted by Crippen LogP contribution is -2.08. The van der Waals surface area contributed by atoms with Crippen molar-refractivity contribution in [3.05, 3.63) is 78.1 Å². The van der Waals surface area contributed by atoms with E-state index in [1.165, 1.54) is 25.3 Å². The van der Waals surface area contributed by atoms with Crippen molar-refractivity contribution in [2.75, 3.05) is 7.11 Å². The third-order valence-electron chi connectivity index (χ3n) is 4.53. The van der Waals surface area contributed by atoms with Crippen LogP contribution in [0.1, 0.15) is 11.3 Å². The lowest BCUT2D eigenvalue weighted by atomic mass is 10.1. The normalized spacial score (nSPS) is 11.4. The van der Waals surface area contributed by atoms with Gasteiger partial charge in [-0.15, -0.1) is 0 Å². The zero-order chi connectivity index (χ0) is 22.7. The average Bonchev–Trinajstić information content (AvgIpc) is 3.27. The van der Waals surface area contributed by atoms with Crippen LogP contribution in [0.25, 0.3) is 22.8 Å². The molecule has 3 heterocycles. The maximum absolute atomic E-state index is 13.1. The summed E-state index contributed by atoms with van der Waals surface area (Å²) in [6, 6.07) is 10.2. The van der Waals surface area contributed by atoms with Crippen LogP contribution in [0.4, 0.5) is 17.6 Å². The number of benzene rings is 1. The van der Waals surface area contributed by atoms with Crippen LogP contribution in [0.2, 0.25) is 0 Å². The van der Waals surface area contributed by atoms with E-state index in [4.69, 9.17) is 9.47 Å². The Morgan fingerprint density at radius 1 is 0.938 bits per heavy atom. The molecule has 164 valence electrons. The van der Waals surface area contributed by atoms with Gasteiger partial charge in [0, 0.05) is 23.4 Å². The number of ether oxygens (including phenoxy) is 2. The Morgan fingerprint density at radius 2 is 1.78 bits per heavy atom. The van der Waals surface area contributed by atoms with E-state index in [9.17, 15) is 17.6 Å². The molecule has 0 atom stereocenters. The Hall–Kier alpha value is -3.95. The SMILES string of the molecule is COc1cc(OCc2ccc(C(F)(F)F)nc2)ccc1-c1cnc(-c2ccc(F)cn2)[nH]1. The van der Waals surface area contributed by atoms with Crippen molar-refractivity contribution in [1.82, 2.24) is 19.9 Å². The second kappa shape index (κ2) is 8.66. The molecule has 4 aromatic rings. The number of hydrogen-bond acceptors (Lipinski definition) is 5. The number of imidazole rings is 1. The van der Waals surface area contributed by atoms with Crippen LogP contribution in [-0.2, 0) is 12.8 Å². The van der Waals surface area contributed by atoms with E-state index in [1.54, 1.807) is 24.4 Å². The molecule has 0 bridgehead atoms. The lowest BCUT2D eigenvalue weighted by molar-refractivity contribution is -0.141. The molecule has 0 radical (unpaired) electrons. The number of rotatable bonds is 6. The molecular weight excluding hydrogens is 428 g/mol. The van der Waals surface area contributed by atoms with Gasteiger partial charge in [-0.05, 0) is 30.3 Å². The first-order chi connectivity index (χ1) is 15.3. The number of nitrogens with one attached hydrogen (secondary N) is 1. The number of hydrogen-bond donors (Lipinski definition) is 1. The van der Waals surface area contributed by atoms with Gasteiger partial charge in [-0.3, -0.25) is 4.98 Å². The number of pyridine rings is 2. The first-order valence-corrected chi connectivity index (χ1v) is 9.34. The molecule has 0 unspecified atom stereocenters. The quantitative estimate of drug-likeness (QED) is 0.410. The monoisotopic (exact) mass is 444 g/mol. The second-order valence-corrected chi connectivity index (χ2v) is 6.71. The van der Waals surface area contributed by atoms with Gasteiger partial charge in [0.15, 0.2) is 5.82 Å². The highest BCUT2D eigenvalue weighted by atomic mass is 19.4. The Morgan fingerprint density at radius 3 is 2.44 bits per heavy atom. The third-order valence-corrected chi connectivity index (χ3v) is 4.53. The van der Waals surface area contributed by atoms with Crippen LogP contribution in [-0.4, -0.2) is 27.0 Å². The molecule has 0 aliphatic heterocycles. The first kappa shape index (κ1) is 21.3. The first-order valence-electron chi connectivity index (χ1n) is 9.34. The summed E-state index contributed by atoms with van der Waals surface area (Å²) in [5.74, 6) is 0.989. The summed E-state index contributed by atoms with van der Waals surface area (Å²) in [7, 11) is 1.50. The van der Waals surface area contributed by atoms with Crippen molar-refractivity contribution in [2.24, 2.45) is 0 Å². The number of H-pyrrole nitrogens is 1. The van der Waals surface area contributed by atoms with Crippen LogP contribution in [0.15, 0.2) is 61.1 Å². The van der Waals surface area contributed by atoms with Crippen molar-refractivity contribution < 1.29 is 27.0 Å². The van der Waals surface area contributed by atoms with Gasteiger partial charge in [0.05, 0.1) is 25.2 Å². The van der Waals surface area contributed by atoms with Crippen molar-refractivity contribution in [2.45, 2.75) is 12.8 Å². The van der Waals surface area contributed by atoms with Gasteiger partial charge in [0.2, 0.25) is 0 Å². The molecule has 0 amide bonds. The van der Waals surface area contributed by atoms with Gasteiger partial charge in [-0.1, -0.05) is 6.07 Å². The van der Waals surface area contributed by atoms with Crippen molar-refractivity contribution in [3.8, 4) is 34.3 Å². The standard InChI is InChI=1S/C22H16F4N4O2/c1-31-19-8-15(32-12-13-2-7-20(28-9-13)22(24,25)26)4-5-16(19)18-11-29-21(30-18)17-6-3-14(23)10-27-17/h2-11H,12H2,1H3,(H,29,30). The predicted octanol–water partition coefficient (Wildman–Crippen LogP) is 5.28. The number of aromatic amines is 1. The smallest absolute Gasteiger partial charge is 0.433 e. The topological polar surface area (TPSA) is 72.9 Å². The summed E-state index contributed by atoms with van der Waals surface area (Å²) >= 11 is 0. The molecule has 4 rings (SSSR count). The summed E-state index contributed by atoms with van der Waals surface area (Å²) in [5, 5.41) is 0. The van der Waals surface area contributed by atoms with Gasteiger partial charge in [-0.25, -0.2) is 14.4 Å². The van der Waals surface area contributed by atoms with Crippen molar-refractivity contribution in [1.29, 1.82) is 0 Å². The number of alkyl halides is 3. The van der Waals surface area contributed by atoms with E-state index >= 15 is 0 Å². The van der Waals surface area contributed by atoms with Crippen LogP contribution < -0.4 is 9.47 Å². The zero-order valence-electron chi connectivity index (χ0n) is 16.7. The summed E-state index contributed by atoms with van der Waals surface area (Å²) in [4.78, 5) is 14.8. The van der Waals surface area contributed by atoms with Gasteiger partial charge < -0.3 is 14.5 Å². The van der Waals surface area contributed by atoms with Crippen LogP contribution >= 0.6 is 0 Å². The average molecular weight is 444 g/mol. The van der Waals surface area contributed by atoms with Gasteiger partial charge in [0.1, 0.15) is 35.3 Å². The highest BCUT2D eigenvalue weighted by molar-refractivity contribution is 5.70. The molecule has 1 aromatic carbocycles. The third kappa shape index (κ3) is 4.69. The maximum atomic E-state index is 13.1. The van der Waals surface area contributed by atoms with Gasteiger partial charge >= 0.3 is 6.18 Å². The van der Waals surface area contributed by atoms with E-state index < -0.39 is 17.7 Å². The highest BCUT2D eigenvalue weighted by Gasteiger charge is 2.32. The number of nitrogens with zero attached hydrogens (tertiary/aromatic N) is 3. The Labute approximate surface area is 179 Å². The van der Waals surface area contributed by atoms with Crippen LogP contribution in [0, 0.1) is 5.82 Å². The summed E-state index contributed by atoms with van der Waals surface area (Å²) in [6.07, 6.45) is -0.644. The molecule has 0 fully saturated rings. The minimum Gasteiger partial charge on any atom is -0.496 e. The van der Waals surface area contributed by atoms with Gasteiger partial charge in [-0.2, -0.15) is 13.2 Å². The molecule has 0 spiro atoms. The molecule has 6 nitrogen and oxygen atoms in total. The van der Waals surface area contributed by atoms with Crippen molar-refractivity contribution >= 4 is 0 Å². The van der Waals surface area contributed by atoms with Crippen LogP contribution in [0.3, 0.4) is 0 Å². The second-order valence-electron chi connectivity index (χ2n) is 6.71. The molecule has 0 aliphatic rings. The molecule has 0 aliphatic carbocycles. The van der Waals surface area contributed by atoms with E-state index in [0.717, 1.165) is 18.5 Å². The van der Waals surface area contributed by atoms with Gasteiger partial charge in [0.25, 0.3) is 0 Å². The Balaban J connectivity index is 1.49. The summed E-state index contributed by atoms with van der Waals surface area (Å²) in [5.41, 5.74) is 1.38. The summed E-state index contributed by atoms with van der Waals surface area (Å²) < 4.78 is 62.0. The largest absolute Gasteiger partial charge is 0.496 e. The predicted molar refractivity (Wildman–Crippen MR) is 107 cm³/mol. The molecule has 3 aromatic heterocycles. The molecular formula is C22H16F4N4O2. The molecule has 0 saturated carbocycles. The Kier molecular flexibility index (Phi) is 5.76. The Bertz CT molecular complexity index is 1210. The van der Waals surface area contributed by atoms with Crippen LogP contribution in [0.5, 0.6) is 11.5 Å². The molecule has 10 heteroatoms. The zero-order valence-corrected chi connectivity index (χ0v) is 16.7. The summed E-state index contributed by atoms with van der Waals surface area (Å²) in [6.45, 7) is 0.0398. The van der Waals surface area contributed by atoms with E-state index in [2.05, 4.69) is 19.9 Å².